The SMILES string of the molecule is CC(=O)NCc1ccc(C(=O)COC(=O)CSc2ncnc3sccc23)cc1. The van der Waals surface area contributed by atoms with Crippen LogP contribution >= 0.6 is 23.1 Å². The molecule has 3 rings (SSSR count). The summed E-state index contributed by atoms with van der Waals surface area (Å²) in [6.45, 7) is 1.52. The van der Waals surface area contributed by atoms with Gasteiger partial charge in [-0.1, -0.05) is 36.0 Å². The van der Waals surface area contributed by atoms with Crippen LogP contribution in [0.15, 0.2) is 47.1 Å². The van der Waals surface area contributed by atoms with Gasteiger partial charge in [-0.15, -0.1) is 11.3 Å². The van der Waals surface area contributed by atoms with E-state index < -0.39 is 5.97 Å². The molecule has 1 N–H and O–H groups in total. The van der Waals surface area contributed by atoms with E-state index in [4.69, 9.17) is 4.74 Å². The molecule has 0 radical (unpaired) electrons. The van der Waals surface area contributed by atoms with Crippen LogP contribution < -0.4 is 5.32 Å². The standard InChI is InChI=1S/C19H17N3O4S2/c1-12(23)20-8-13-2-4-14(5-3-13)16(24)9-26-17(25)10-28-19-15-6-7-27-18(15)21-11-22-19/h2-7,11H,8-10H2,1H3,(H,20,23). The van der Waals surface area contributed by atoms with E-state index in [1.807, 2.05) is 11.4 Å². The van der Waals surface area contributed by atoms with Crippen LogP contribution in [0.4, 0.5) is 0 Å². The molecule has 2 aromatic heterocycles. The maximum atomic E-state index is 12.2. The van der Waals surface area contributed by atoms with Crippen LogP contribution in [-0.4, -0.2) is 40.0 Å². The number of esters is 1. The molecule has 0 bridgehead atoms. The summed E-state index contributed by atoms with van der Waals surface area (Å²) >= 11 is 2.76. The smallest absolute Gasteiger partial charge is 0.316 e. The highest BCUT2D eigenvalue weighted by molar-refractivity contribution is 8.00. The second-order valence-corrected chi connectivity index (χ2v) is 7.66. The number of rotatable bonds is 8. The van der Waals surface area contributed by atoms with Gasteiger partial charge in [-0.05, 0) is 17.0 Å². The number of ether oxygens (including phenoxy) is 1. The number of carbonyl (C=O) groups excluding carboxylic acids is 3. The Morgan fingerprint density at radius 1 is 1.14 bits per heavy atom. The molecule has 0 spiro atoms. The number of nitrogens with zero attached hydrogens (tertiary/aromatic N) is 2. The molecule has 0 saturated heterocycles. The van der Waals surface area contributed by atoms with Crippen LogP contribution in [0.3, 0.4) is 0 Å². The minimum atomic E-state index is -0.484. The molecule has 0 aliphatic heterocycles. The van der Waals surface area contributed by atoms with Gasteiger partial charge in [0.2, 0.25) is 5.91 Å². The summed E-state index contributed by atoms with van der Waals surface area (Å²) in [5.41, 5.74) is 1.33. The third kappa shape index (κ3) is 5.37. The fourth-order valence-electron chi connectivity index (χ4n) is 2.32. The van der Waals surface area contributed by atoms with E-state index in [9.17, 15) is 14.4 Å². The van der Waals surface area contributed by atoms with Gasteiger partial charge in [0, 0.05) is 24.4 Å². The van der Waals surface area contributed by atoms with E-state index in [1.54, 1.807) is 24.3 Å². The first-order valence-corrected chi connectivity index (χ1v) is 10.2. The summed E-state index contributed by atoms with van der Waals surface area (Å²) in [5.74, 6) is -0.828. The molecule has 7 nitrogen and oxygen atoms in total. The average molecular weight is 415 g/mol. The maximum absolute atomic E-state index is 12.2. The number of fused-ring (bicyclic) bond motifs is 1. The van der Waals surface area contributed by atoms with Gasteiger partial charge in [0.05, 0.1) is 5.75 Å². The van der Waals surface area contributed by atoms with Crippen molar-refractivity contribution in [2.75, 3.05) is 12.4 Å². The molecular weight excluding hydrogens is 398 g/mol. The summed E-state index contributed by atoms with van der Waals surface area (Å²) in [6, 6.07) is 8.71. The monoisotopic (exact) mass is 415 g/mol. The number of nitrogens with one attached hydrogen (secondary N) is 1. The molecular formula is C19H17N3O4S2. The van der Waals surface area contributed by atoms with Crippen molar-refractivity contribution < 1.29 is 19.1 Å². The predicted octanol–water partition coefficient (Wildman–Crippen LogP) is 2.85. The van der Waals surface area contributed by atoms with Crippen molar-refractivity contribution >= 4 is 51.0 Å². The van der Waals surface area contributed by atoms with Gasteiger partial charge in [0.15, 0.2) is 12.4 Å². The van der Waals surface area contributed by atoms with Gasteiger partial charge in [-0.2, -0.15) is 0 Å². The van der Waals surface area contributed by atoms with E-state index >= 15 is 0 Å². The number of amides is 1. The summed E-state index contributed by atoms with van der Waals surface area (Å²) < 4.78 is 5.08. The summed E-state index contributed by atoms with van der Waals surface area (Å²) in [7, 11) is 0. The number of thioether (sulfide) groups is 1. The topological polar surface area (TPSA) is 98.2 Å². The number of carbonyl (C=O) groups is 3. The maximum Gasteiger partial charge on any atom is 0.316 e. The second-order valence-electron chi connectivity index (χ2n) is 5.80. The van der Waals surface area contributed by atoms with Crippen molar-refractivity contribution in [3.05, 3.63) is 53.2 Å². The molecule has 1 amide bonds. The van der Waals surface area contributed by atoms with Crippen molar-refractivity contribution in [2.45, 2.75) is 18.5 Å². The van der Waals surface area contributed by atoms with E-state index in [0.29, 0.717) is 17.1 Å². The van der Waals surface area contributed by atoms with Crippen molar-refractivity contribution in [3.8, 4) is 0 Å². The zero-order valence-electron chi connectivity index (χ0n) is 15.0. The normalized spacial score (nSPS) is 10.6. The number of ketones is 1. The van der Waals surface area contributed by atoms with Gasteiger partial charge in [0.25, 0.3) is 0 Å². The number of hydrogen-bond acceptors (Lipinski definition) is 8. The lowest BCUT2D eigenvalue weighted by Gasteiger charge is -2.06. The zero-order chi connectivity index (χ0) is 19.9. The first-order valence-electron chi connectivity index (χ1n) is 8.36. The van der Waals surface area contributed by atoms with Crippen molar-refractivity contribution in [1.82, 2.24) is 15.3 Å². The minimum Gasteiger partial charge on any atom is -0.457 e. The number of benzene rings is 1. The Balaban J connectivity index is 1.47. The summed E-state index contributed by atoms with van der Waals surface area (Å²) in [5, 5.41) is 6.22. The van der Waals surface area contributed by atoms with Gasteiger partial charge in [0.1, 0.15) is 16.2 Å². The number of aromatic nitrogens is 2. The Morgan fingerprint density at radius 2 is 1.93 bits per heavy atom. The third-order valence-corrected chi connectivity index (χ3v) is 5.53. The molecule has 3 aromatic rings. The van der Waals surface area contributed by atoms with Crippen molar-refractivity contribution in [1.29, 1.82) is 0 Å². The van der Waals surface area contributed by atoms with Gasteiger partial charge < -0.3 is 10.1 Å². The molecule has 0 fully saturated rings. The summed E-state index contributed by atoms with van der Waals surface area (Å²) in [4.78, 5) is 44.2. The molecule has 0 aliphatic carbocycles. The number of hydrogen-bond donors (Lipinski definition) is 1. The van der Waals surface area contributed by atoms with Crippen LogP contribution in [0.2, 0.25) is 0 Å². The van der Waals surface area contributed by atoms with Gasteiger partial charge in [-0.3, -0.25) is 14.4 Å². The average Bonchev–Trinajstić information content (AvgIpc) is 3.18. The lowest BCUT2D eigenvalue weighted by molar-refractivity contribution is -0.139. The molecule has 0 atom stereocenters. The first-order chi connectivity index (χ1) is 13.5. The largest absolute Gasteiger partial charge is 0.457 e. The van der Waals surface area contributed by atoms with E-state index in [-0.39, 0.29) is 24.1 Å². The van der Waals surface area contributed by atoms with Gasteiger partial charge >= 0.3 is 5.97 Å². The number of Topliss-reactive ketones (excluding diaryl/α,β-unsaturated/α-hetero) is 1. The van der Waals surface area contributed by atoms with E-state index in [2.05, 4.69) is 15.3 Å². The van der Waals surface area contributed by atoms with Crippen molar-refractivity contribution in [2.24, 2.45) is 0 Å². The van der Waals surface area contributed by atoms with Crippen molar-refractivity contribution in [3.63, 3.8) is 0 Å². The van der Waals surface area contributed by atoms with Crippen LogP contribution in [-0.2, 0) is 20.9 Å². The molecule has 144 valence electrons. The predicted molar refractivity (Wildman–Crippen MR) is 107 cm³/mol. The highest BCUT2D eigenvalue weighted by atomic mass is 32.2. The van der Waals surface area contributed by atoms with Crippen LogP contribution in [0.5, 0.6) is 0 Å². The summed E-state index contributed by atoms with van der Waals surface area (Å²) in [6.07, 6.45) is 1.46. The van der Waals surface area contributed by atoms with Crippen LogP contribution in [0, 0.1) is 0 Å². The minimum absolute atomic E-state index is 0.0604. The Hall–Kier alpha value is -2.78. The molecule has 9 heteroatoms. The van der Waals surface area contributed by atoms with Crippen LogP contribution in [0.1, 0.15) is 22.8 Å². The quantitative estimate of drug-likeness (QED) is 0.261. The lowest BCUT2D eigenvalue weighted by atomic mass is 10.1. The lowest BCUT2D eigenvalue weighted by Crippen LogP contribution is -2.19. The first kappa shape index (κ1) is 20.0. The Kier molecular flexibility index (Phi) is 6.72. The second kappa shape index (κ2) is 9.43. The van der Waals surface area contributed by atoms with E-state index in [0.717, 1.165) is 15.8 Å². The zero-order valence-corrected chi connectivity index (χ0v) is 16.6. The molecule has 2 heterocycles. The molecule has 1 aromatic carbocycles. The Bertz CT molecular complexity index is 1000. The highest BCUT2D eigenvalue weighted by Crippen LogP contribution is 2.27. The molecule has 0 unspecified atom stereocenters. The fraction of sp³-hybridized carbons (Fsp3) is 0.211. The van der Waals surface area contributed by atoms with Crippen LogP contribution in [0.25, 0.3) is 10.2 Å². The third-order valence-electron chi connectivity index (χ3n) is 3.73. The highest BCUT2D eigenvalue weighted by Gasteiger charge is 2.12. The number of thiophene rings is 1. The molecule has 0 aliphatic rings. The fourth-order valence-corrected chi connectivity index (χ4v) is 3.89. The molecule has 0 saturated carbocycles. The Morgan fingerprint density at radius 3 is 2.68 bits per heavy atom. The Labute approximate surface area is 169 Å². The molecule has 28 heavy (non-hydrogen) atoms. The van der Waals surface area contributed by atoms with E-state index in [1.165, 1.54) is 36.3 Å². The van der Waals surface area contributed by atoms with Gasteiger partial charge in [-0.25, -0.2) is 9.97 Å².